The quantitative estimate of drug-likeness (QED) is 0.447. The molecule has 0 aromatic heterocycles. The van der Waals surface area contributed by atoms with Gasteiger partial charge < -0.3 is 10.6 Å². The van der Waals surface area contributed by atoms with Gasteiger partial charge in [-0.15, -0.1) is 24.0 Å². The molecule has 2 unspecified atom stereocenters. The first-order chi connectivity index (χ1) is 9.61. The van der Waals surface area contributed by atoms with Gasteiger partial charge in [-0.05, 0) is 30.4 Å². The maximum Gasteiger partial charge on any atom is 0.191 e. The van der Waals surface area contributed by atoms with E-state index in [-0.39, 0.29) is 41.8 Å². The molecular weight excluding hydrogens is 380 g/mol. The first-order valence-corrected chi connectivity index (χ1v) is 7.33. The smallest absolute Gasteiger partial charge is 0.191 e. The van der Waals surface area contributed by atoms with E-state index in [0.717, 1.165) is 30.9 Å². The highest BCUT2D eigenvalue weighted by Gasteiger charge is 2.40. The molecule has 0 radical (unpaired) electrons. The molecule has 1 aromatic carbocycles. The molecule has 0 bridgehead atoms. The van der Waals surface area contributed by atoms with Crippen molar-refractivity contribution in [2.45, 2.75) is 38.6 Å². The zero-order valence-electron chi connectivity index (χ0n) is 12.9. The molecule has 0 heterocycles. The minimum atomic E-state index is -0.107. The van der Waals surface area contributed by atoms with Crippen LogP contribution in [0.4, 0.5) is 4.39 Å². The highest BCUT2D eigenvalue weighted by molar-refractivity contribution is 14.0. The lowest BCUT2D eigenvalue weighted by Crippen LogP contribution is -2.39. The van der Waals surface area contributed by atoms with Gasteiger partial charge in [-0.2, -0.15) is 0 Å². The van der Waals surface area contributed by atoms with Crippen molar-refractivity contribution >= 4 is 29.9 Å². The molecular formula is C16H25FIN3. The molecule has 5 heteroatoms. The van der Waals surface area contributed by atoms with Crippen LogP contribution in [0.1, 0.15) is 38.2 Å². The van der Waals surface area contributed by atoms with Crippen LogP contribution in [0.3, 0.4) is 0 Å². The van der Waals surface area contributed by atoms with Crippen LogP contribution in [-0.4, -0.2) is 25.6 Å². The van der Waals surface area contributed by atoms with Gasteiger partial charge in [0.15, 0.2) is 5.96 Å². The average molecular weight is 405 g/mol. The van der Waals surface area contributed by atoms with Crippen molar-refractivity contribution in [3.05, 3.63) is 35.6 Å². The zero-order chi connectivity index (χ0) is 14.5. The topological polar surface area (TPSA) is 36.4 Å². The second kappa shape index (κ2) is 8.56. The van der Waals surface area contributed by atoms with Gasteiger partial charge in [-0.1, -0.05) is 32.0 Å². The van der Waals surface area contributed by atoms with Crippen molar-refractivity contribution in [2.24, 2.45) is 10.9 Å². The fraction of sp³-hybridized carbons (Fsp3) is 0.562. The van der Waals surface area contributed by atoms with E-state index in [9.17, 15) is 4.39 Å². The molecule has 2 atom stereocenters. The predicted octanol–water partition coefficient (Wildman–Crippen LogP) is 3.51. The van der Waals surface area contributed by atoms with Crippen LogP contribution in [0.2, 0.25) is 0 Å². The number of rotatable bonds is 5. The van der Waals surface area contributed by atoms with Gasteiger partial charge >= 0.3 is 0 Å². The summed E-state index contributed by atoms with van der Waals surface area (Å²) in [5.74, 6) is 1.64. The lowest BCUT2D eigenvalue weighted by Gasteiger charge is -2.13. The average Bonchev–Trinajstić information content (AvgIpc) is 3.16. The minimum Gasteiger partial charge on any atom is -0.356 e. The minimum absolute atomic E-state index is 0. The normalized spacial score (nSPS) is 20.9. The third-order valence-electron chi connectivity index (χ3n) is 3.65. The molecule has 1 aliphatic carbocycles. The highest BCUT2D eigenvalue weighted by atomic mass is 127. The van der Waals surface area contributed by atoms with E-state index in [1.807, 2.05) is 12.1 Å². The van der Waals surface area contributed by atoms with Gasteiger partial charge in [0.1, 0.15) is 5.82 Å². The number of nitrogens with one attached hydrogen (secondary N) is 2. The fourth-order valence-corrected chi connectivity index (χ4v) is 2.32. The largest absolute Gasteiger partial charge is 0.356 e. The van der Waals surface area contributed by atoms with Crippen molar-refractivity contribution in [3.63, 3.8) is 0 Å². The van der Waals surface area contributed by atoms with Crippen LogP contribution in [0.25, 0.3) is 0 Å². The van der Waals surface area contributed by atoms with E-state index in [2.05, 4.69) is 29.5 Å². The summed E-state index contributed by atoms with van der Waals surface area (Å²) in [5, 5.41) is 6.67. The first-order valence-electron chi connectivity index (χ1n) is 7.33. The van der Waals surface area contributed by atoms with Gasteiger partial charge in [-0.25, -0.2) is 4.39 Å². The lowest BCUT2D eigenvalue weighted by molar-refractivity contribution is 0.573. The van der Waals surface area contributed by atoms with Gasteiger partial charge in [0, 0.05) is 25.6 Å². The molecule has 0 spiro atoms. The number of hydrogen-bond donors (Lipinski definition) is 2. The molecule has 2 rings (SSSR count). The molecule has 0 saturated heterocycles. The van der Waals surface area contributed by atoms with Crippen LogP contribution >= 0.6 is 24.0 Å². The van der Waals surface area contributed by atoms with Gasteiger partial charge in [0.25, 0.3) is 0 Å². The molecule has 0 aliphatic heterocycles. The van der Waals surface area contributed by atoms with E-state index in [1.54, 1.807) is 13.1 Å². The van der Waals surface area contributed by atoms with Gasteiger partial charge in [0.05, 0.1) is 0 Å². The summed E-state index contributed by atoms with van der Waals surface area (Å²) in [7, 11) is 1.77. The number of nitrogens with zero attached hydrogens (tertiary/aromatic N) is 1. The number of halogens is 2. The van der Waals surface area contributed by atoms with E-state index in [0.29, 0.717) is 5.92 Å². The lowest BCUT2D eigenvalue weighted by atomic mass is 10.1. The van der Waals surface area contributed by atoms with Crippen LogP contribution in [0.5, 0.6) is 0 Å². The van der Waals surface area contributed by atoms with Crippen molar-refractivity contribution in [3.8, 4) is 0 Å². The Kier molecular flexibility index (Phi) is 7.42. The van der Waals surface area contributed by atoms with Crippen molar-refractivity contribution < 1.29 is 4.39 Å². The second-order valence-electron chi connectivity index (χ2n) is 5.80. The fourth-order valence-electron chi connectivity index (χ4n) is 2.32. The number of hydrogen-bond acceptors (Lipinski definition) is 1. The van der Waals surface area contributed by atoms with Crippen LogP contribution in [0.15, 0.2) is 29.3 Å². The predicted molar refractivity (Wildman–Crippen MR) is 96.9 cm³/mol. The van der Waals surface area contributed by atoms with E-state index in [4.69, 9.17) is 0 Å². The zero-order valence-corrected chi connectivity index (χ0v) is 15.2. The highest BCUT2D eigenvalue weighted by Crippen LogP contribution is 2.41. The van der Waals surface area contributed by atoms with Crippen molar-refractivity contribution in [1.29, 1.82) is 0 Å². The summed E-state index contributed by atoms with van der Waals surface area (Å²) in [4.78, 5) is 4.22. The van der Waals surface area contributed by atoms with E-state index < -0.39 is 0 Å². The Hall–Kier alpha value is -0.850. The Bertz CT molecular complexity index is 476. The van der Waals surface area contributed by atoms with Crippen LogP contribution < -0.4 is 10.6 Å². The number of benzene rings is 1. The SMILES string of the molecule is CN=C(NCCC(C)C)NC1CC1c1ccccc1F.I. The maximum absolute atomic E-state index is 13.7. The summed E-state index contributed by atoms with van der Waals surface area (Å²) in [6.07, 6.45) is 2.08. The molecule has 1 aliphatic rings. The molecule has 0 amide bonds. The maximum atomic E-state index is 13.7. The Morgan fingerprint density at radius 2 is 2.10 bits per heavy atom. The summed E-state index contributed by atoms with van der Waals surface area (Å²) < 4.78 is 13.7. The molecule has 1 fully saturated rings. The summed E-state index contributed by atoms with van der Waals surface area (Å²) in [6, 6.07) is 7.31. The molecule has 21 heavy (non-hydrogen) atoms. The third kappa shape index (κ3) is 5.45. The van der Waals surface area contributed by atoms with Gasteiger partial charge in [-0.3, -0.25) is 4.99 Å². The van der Waals surface area contributed by atoms with Gasteiger partial charge in [0.2, 0.25) is 0 Å². The standard InChI is InChI=1S/C16H24FN3.HI/c1-11(2)8-9-19-16(18-3)20-15-10-13(15)12-6-4-5-7-14(12)17;/h4-7,11,13,15H,8-10H2,1-3H3,(H2,18,19,20);1H. The molecule has 3 nitrogen and oxygen atoms in total. The summed E-state index contributed by atoms with van der Waals surface area (Å²) in [5.41, 5.74) is 0.808. The van der Waals surface area contributed by atoms with E-state index >= 15 is 0 Å². The summed E-state index contributed by atoms with van der Waals surface area (Å²) >= 11 is 0. The Labute approximate surface area is 143 Å². The number of aliphatic imine (C=N–C) groups is 1. The Balaban J connectivity index is 0.00000220. The van der Waals surface area contributed by atoms with Crippen molar-refractivity contribution in [2.75, 3.05) is 13.6 Å². The molecule has 2 N–H and O–H groups in total. The Morgan fingerprint density at radius 1 is 1.38 bits per heavy atom. The molecule has 118 valence electrons. The second-order valence-corrected chi connectivity index (χ2v) is 5.80. The summed E-state index contributed by atoms with van der Waals surface area (Å²) in [6.45, 7) is 5.31. The van der Waals surface area contributed by atoms with Crippen LogP contribution in [0, 0.1) is 11.7 Å². The van der Waals surface area contributed by atoms with Crippen LogP contribution in [-0.2, 0) is 0 Å². The molecule has 1 aromatic rings. The monoisotopic (exact) mass is 405 g/mol. The van der Waals surface area contributed by atoms with E-state index in [1.165, 1.54) is 6.07 Å². The Morgan fingerprint density at radius 3 is 2.71 bits per heavy atom. The third-order valence-corrected chi connectivity index (χ3v) is 3.65. The number of guanidine groups is 1. The van der Waals surface area contributed by atoms with Crippen molar-refractivity contribution in [1.82, 2.24) is 10.6 Å². The first kappa shape index (κ1) is 18.2. The molecule has 1 saturated carbocycles.